The lowest BCUT2D eigenvalue weighted by molar-refractivity contribution is 0.143. The Balaban J connectivity index is 3.27. The van der Waals surface area contributed by atoms with Gasteiger partial charge in [0.15, 0.2) is 0 Å². The molecule has 0 fully saturated rings. The first-order chi connectivity index (χ1) is 9.70. The van der Waals surface area contributed by atoms with Gasteiger partial charge in [-0.15, -0.1) is 0 Å². The quantitative estimate of drug-likeness (QED) is 0.394. The Labute approximate surface area is 119 Å². The van der Waals surface area contributed by atoms with E-state index in [2.05, 4.69) is 10.6 Å². The summed E-state index contributed by atoms with van der Waals surface area (Å²) >= 11 is 0. The minimum Gasteiger partial charge on any atom is -0.450 e. The Morgan fingerprint density at radius 1 is 0.750 bits per heavy atom. The summed E-state index contributed by atoms with van der Waals surface area (Å²) in [6, 6.07) is 0. The van der Waals surface area contributed by atoms with Gasteiger partial charge in [-0.3, -0.25) is 0 Å². The Morgan fingerprint density at radius 2 is 1.15 bits per heavy atom. The lowest BCUT2D eigenvalue weighted by Crippen LogP contribution is -2.28. The highest BCUT2D eigenvalue weighted by atomic mass is 16.6. The zero-order chi connectivity index (χ0) is 15.1. The summed E-state index contributed by atoms with van der Waals surface area (Å²) in [5.74, 6) is 0. The number of alkyl carbamates (subject to hydrolysis) is 2. The lowest BCUT2D eigenvalue weighted by Gasteiger charge is -2.07. The van der Waals surface area contributed by atoms with E-state index in [1.807, 2.05) is 0 Å². The molecular weight excluding hydrogens is 264 g/mol. The number of unbranched alkanes of at least 4 members (excludes halogenated alkanes) is 1. The van der Waals surface area contributed by atoms with E-state index in [4.69, 9.17) is 20.9 Å². The first kappa shape index (κ1) is 18.5. The fourth-order valence-electron chi connectivity index (χ4n) is 1.23. The fourth-order valence-corrected chi connectivity index (χ4v) is 1.23. The third kappa shape index (κ3) is 12.9. The minimum atomic E-state index is -0.437. The maximum atomic E-state index is 11.1. The van der Waals surface area contributed by atoms with Gasteiger partial charge in [0.2, 0.25) is 0 Å². The van der Waals surface area contributed by atoms with Gasteiger partial charge in [-0.05, 0) is 38.8 Å². The van der Waals surface area contributed by atoms with Crippen molar-refractivity contribution in [3.8, 4) is 0 Å². The topological polar surface area (TPSA) is 129 Å². The highest BCUT2D eigenvalue weighted by Gasteiger charge is 2.02. The first-order valence-corrected chi connectivity index (χ1v) is 6.92. The van der Waals surface area contributed by atoms with Crippen molar-refractivity contribution in [2.75, 3.05) is 39.4 Å². The van der Waals surface area contributed by atoms with Crippen LogP contribution in [0.1, 0.15) is 25.7 Å². The molecule has 8 heteroatoms. The number of nitrogens with two attached hydrogens (primary N) is 2. The van der Waals surface area contributed by atoms with E-state index in [1.165, 1.54) is 0 Å². The normalized spacial score (nSPS) is 9.90. The van der Waals surface area contributed by atoms with Gasteiger partial charge in [-0.1, -0.05) is 0 Å². The molecule has 0 aliphatic rings. The van der Waals surface area contributed by atoms with Crippen molar-refractivity contribution in [3.63, 3.8) is 0 Å². The van der Waals surface area contributed by atoms with Gasteiger partial charge in [-0.2, -0.15) is 0 Å². The molecular formula is C12H26N4O4. The SMILES string of the molecule is NCCCOC(=O)NCCCCNC(=O)OCCCN. The summed E-state index contributed by atoms with van der Waals surface area (Å²) in [5.41, 5.74) is 10.5. The Kier molecular flexibility index (Phi) is 12.8. The third-order valence-electron chi connectivity index (χ3n) is 2.31. The Hall–Kier alpha value is -1.54. The molecule has 8 nitrogen and oxygen atoms in total. The molecule has 6 N–H and O–H groups in total. The first-order valence-electron chi connectivity index (χ1n) is 6.92. The molecule has 0 spiro atoms. The number of hydrogen-bond acceptors (Lipinski definition) is 6. The van der Waals surface area contributed by atoms with Crippen LogP contribution in [0.5, 0.6) is 0 Å². The number of ether oxygens (including phenoxy) is 2. The minimum absolute atomic E-state index is 0.332. The number of carbonyl (C=O) groups excluding carboxylic acids is 2. The van der Waals surface area contributed by atoms with Crippen LogP contribution in [0.15, 0.2) is 0 Å². The van der Waals surface area contributed by atoms with Crippen LogP contribution in [-0.2, 0) is 9.47 Å². The predicted octanol–water partition coefficient (Wildman–Crippen LogP) is -0.0834. The molecule has 0 aromatic carbocycles. The van der Waals surface area contributed by atoms with E-state index in [9.17, 15) is 9.59 Å². The van der Waals surface area contributed by atoms with E-state index in [0.717, 1.165) is 12.8 Å². The fraction of sp³-hybridized carbons (Fsp3) is 0.833. The van der Waals surface area contributed by atoms with Crippen molar-refractivity contribution in [2.24, 2.45) is 11.5 Å². The van der Waals surface area contributed by atoms with Gasteiger partial charge in [0, 0.05) is 13.1 Å². The van der Waals surface area contributed by atoms with E-state index >= 15 is 0 Å². The molecule has 0 atom stereocenters. The smallest absolute Gasteiger partial charge is 0.407 e. The second-order valence-electron chi connectivity index (χ2n) is 4.12. The summed E-state index contributed by atoms with van der Waals surface area (Å²) in [6.07, 6.45) is 1.93. The summed E-state index contributed by atoms with van der Waals surface area (Å²) in [5, 5.41) is 5.22. The average Bonchev–Trinajstić information content (AvgIpc) is 2.43. The molecule has 0 aromatic heterocycles. The van der Waals surface area contributed by atoms with Crippen molar-refractivity contribution < 1.29 is 19.1 Å². The van der Waals surface area contributed by atoms with E-state index in [1.54, 1.807) is 0 Å². The number of carbonyl (C=O) groups is 2. The number of amides is 2. The molecule has 0 aromatic rings. The van der Waals surface area contributed by atoms with Crippen LogP contribution in [0.2, 0.25) is 0 Å². The molecule has 0 saturated carbocycles. The molecule has 0 radical (unpaired) electrons. The largest absolute Gasteiger partial charge is 0.450 e. The molecule has 0 heterocycles. The maximum absolute atomic E-state index is 11.1. The Bertz CT molecular complexity index is 238. The summed E-state index contributed by atoms with van der Waals surface area (Å²) < 4.78 is 9.70. The Morgan fingerprint density at radius 3 is 1.50 bits per heavy atom. The standard InChI is InChI=1S/C12H26N4O4/c13-5-3-9-19-11(17)15-7-1-2-8-16-12(18)20-10-4-6-14/h1-10,13-14H2,(H,15,17)(H,16,18). The van der Waals surface area contributed by atoms with Crippen molar-refractivity contribution in [1.29, 1.82) is 0 Å². The van der Waals surface area contributed by atoms with Crippen molar-refractivity contribution >= 4 is 12.2 Å². The van der Waals surface area contributed by atoms with Crippen molar-refractivity contribution in [1.82, 2.24) is 10.6 Å². The molecule has 0 unspecified atom stereocenters. The van der Waals surface area contributed by atoms with Crippen LogP contribution in [-0.4, -0.2) is 51.6 Å². The third-order valence-corrected chi connectivity index (χ3v) is 2.31. The molecule has 0 bridgehead atoms. The van der Waals surface area contributed by atoms with E-state index in [-0.39, 0.29) is 0 Å². The van der Waals surface area contributed by atoms with E-state index < -0.39 is 12.2 Å². The highest BCUT2D eigenvalue weighted by molar-refractivity contribution is 5.67. The van der Waals surface area contributed by atoms with Crippen LogP contribution in [0.3, 0.4) is 0 Å². The van der Waals surface area contributed by atoms with Crippen LogP contribution in [0.4, 0.5) is 9.59 Å². The summed E-state index contributed by atoms with van der Waals surface area (Å²) in [4.78, 5) is 22.3. The maximum Gasteiger partial charge on any atom is 0.407 e. The van der Waals surface area contributed by atoms with Crippen LogP contribution in [0.25, 0.3) is 0 Å². The molecule has 0 aliphatic heterocycles. The van der Waals surface area contributed by atoms with Gasteiger partial charge in [0.05, 0.1) is 13.2 Å². The van der Waals surface area contributed by atoms with Gasteiger partial charge in [0.25, 0.3) is 0 Å². The number of hydrogen-bond donors (Lipinski definition) is 4. The van der Waals surface area contributed by atoms with Gasteiger partial charge in [-0.25, -0.2) is 9.59 Å². The van der Waals surface area contributed by atoms with Crippen LogP contribution in [0, 0.1) is 0 Å². The molecule has 118 valence electrons. The zero-order valence-corrected chi connectivity index (χ0v) is 11.9. The van der Waals surface area contributed by atoms with Gasteiger partial charge < -0.3 is 31.6 Å². The number of nitrogens with one attached hydrogen (secondary N) is 2. The highest BCUT2D eigenvalue weighted by Crippen LogP contribution is 1.88. The average molecular weight is 290 g/mol. The van der Waals surface area contributed by atoms with Crippen molar-refractivity contribution in [3.05, 3.63) is 0 Å². The lowest BCUT2D eigenvalue weighted by atomic mass is 10.3. The molecule has 0 aliphatic carbocycles. The molecule has 0 rings (SSSR count). The summed E-state index contributed by atoms with van der Waals surface area (Å²) in [7, 11) is 0. The molecule has 2 amide bonds. The second kappa shape index (κ2) is 13.9. The van der Waals surface area contributed by atoms with Gasteiger partial charge in [0.1, 0.15) is 0 Å². The molecule has 20 heavy (non-hydrogen) atoms. The molecule has 0 saturated heterocycles. The summed E-state index contributed by atoms with van der Waals surface area (Å²) in [6.45, 7) is 2.68. The predicted molar refractivity (Wildman–Crippen MR) is 75.3 cm³/mol. The zero-order valence-electron chi connectivity index (χ0n) is 11.9. The van der Waals surface area contributed by atoms with E-state index in [0.29, 0.717) is 52.2 Å². The van der Waals surface area contributed by atoms with Crippen molar-refractivity contribution in [2.45, 2.75) is 25.7 Å². The van der Waals surface area contributed by atoms with Crippen LogP contribution >= 0.6 is 0 Å². The van der Waals surface area contributed by atoms with Crippen LogP contribution < -0.4 is 22.1 Å². The monoisotopic (exact) mass is 290 g/mol. The number of rotatable bonds is 11. The van der Waals surface area contributed by atoms with Gasteiger partial charge >= 0.3 is 12.2 Å². The second-order valence-corrected chi connectivity index (χ2v) is 4.12.